The average molecular weight is 443 g/mol. The van der Waals surface area contributed by atoms with Crippen LogP contribution in [0.3, 0.4) is 0 Å². The number of ether oxygens (including phenoxy) is 1. The van der Waals surface area contributed by atoms with Gasteiger partial charge in [0.25, 0.3) is 0 Å². The zero-order valence-corrected chi connectivity index (χ0v) is 17.8. The summed E-state index contributed by atoms with van der Waals surface area (Å²) in [4.78, 5) is 2.76. The van der Waals surface area contributed by atoms with Gasteiger partial charge in [-0.3, -0.25) is 0 Å². The number of rotatable bonds is 5. The summed E-state index contributed by atoms with van der Waals surface area (Å²) in [5.74, 6) is 1.37. The van der Waals surface area contributed by atoms with E-state index in [1.807, 2.05) is 6.07 Å². The fourth-order valence-corrected chi connectivity index (χ4v) is 7.00. The van der Waals surface area contributed by atoms with E-state index in [0.29, 0.717) is 10.6 Å². The summed E-state index contributed by atoms with van der Waals surface area (Å²) in [5, 5.41) is 0. The molecule has 3 fully saturated rings. The molecular formula is C19H27BrN2O3S. The highest BCUT2D eigenvalue weighted by Gasteiger charge is 2.55. The molecule has 1 atom stereocenters. The predicted octanol–water partition coefficient (Wildman–Crippen LogP) is 4.06. The molecule has 1 unspecified atom stereocenters. The van der Waals surface area contributed by atoms with E-state index < -0.39 is 10.0 Å². The van der Waals surface area contributed by atoms with Crippen molar-refractivity contribution in [2.75, 3.05) is 18.6 Å². The Kier molecular flexibility index (Phi) is 4.77. The fraction of sp³-hybridized carbons (Fsp3) is 0.684. The highest BCUT2D eigenvalue weighted by Crippen LogP contribution is 2.57. The van der Waals surface area contributed by atoms with Crippen molar-refractivity contribution in [2.45, 2.75) is 68.3 Å². The molecule has 0 spiro atoms. The third-order valence-corrected chi connectivity index (χ3v) is 8.54. The van der Waals surface area contributed by atoms with E-state index >= 15 is 0 Å². The summed E-state index contributed by atoms with van der Waals surface area (Å²) in [6, 6.07) is 3.56. The van der Waals surface area contributed by atoms with Crippen LogP contribution in [0.4, 0.5) is 5.69 Å². The van der Waals surface area contributed by atoms with Crippen molar-refractivity contribution in [3.8, 4) is 5.75 Å². The Labute approximate surface area is 164 Å². The van der Waals surface area contributed by atoms with Gasteiger partial charge in [-0.25, -0.2) is 13.1 Å². The summed E-state index contributed by atoms with van der Waals surface area (Å²) in [6.07, 6.45) is 7.79. The Morgan fingerprint density at radius 3 is 2.77 bits per heavy atom. The predicted molar refractivity (Wildman–Crippen MR) is 106 cm³/mol. The second-order valence-electron chi connectivity index (χ2n) is 8.06. The first-order valence-electron chi connectivity index (χ1n) is 9.56. The van der Waals surface area contributed by atoms with Crippen LogP contribution in [0.5, 0.6) is 5.75 Å². The van der Waals surface area contributed by atoms with Gasteiger partial charge in [0.15, 0.2) is 0 Å². The van der Waals surface area contributed by atoms with Gasteiger partial charge in [-0.2, -0.15) is 0 Å². The van der Waals surface area contributed by atoms with Crippen molar-refractivity contribution in [1.29, 1.82) is 0 Å². The molecule has 0 amide bonds. The first-order valence-corrected chi connectivity index (χ1v) is 11.8. The molecular weight excluding hydrogens is 416 g/mol. The van der Waals surface area contributed by atoms with Crippen molar-refractivity contribution in [1.82, 2.24) is 4.72 Å². The number of hydrogen-bond acceptors (Lipinski definition) is 4. The van der Waals surface area contributed by atoms with Gasteiger partial charge in [0.05, 0.1) is 17.3 Å². The van der Waals surface area contributed by atoms with Crippen LogP contribution in [0, 0.1) is 5.92 Å². The molecule has 7 heteroatoms. The van der Waals surface area contributed by atoms with Crippen molar-refractivity contribution in [3.63, 3.8) is 0 Å². The normalized spacial score (nSPS) is 31.9. The van der Waals surface area contributed by atoms with Gasteiger partial charge in [0.1, 0.15) is 10.6 Å². The Balaban J connectivity index is 1.82. The third-order valence-electron chi connectivity index (χ3n) is 6.37. The SMILES string of the molecule is CCCCC1CN(C23CCC(C2)C3)c2cc(Br)c(OC)cc2S(=O)(=O)N1. The molecule has 4 aliphatic rings. The zero-order valence-electron chi connectivity index (χ0n) is 15.4. The molecule has 3 saturated carbocycles. The second-order valence-corrected chi connectivity index (χ2v) is 10.6. The molecule has 1 N–H and O–H groups in total. The highest BCUT2D eigenvalue weighted by atomic mass is 79.9. The van der Waals surface area contributed by atoms with E-state index in [-0.39, 0.29) is 11.6 Å². The number of halogens is 1. The van der Waals surface area contributed by atoms with E-state index in [0.717, 1.165) is 41.9 Å². The monoisotopic (exact) mass is 442 g/mol. The summed E-state index contributed by atoms with van der Waals surface area (Å²) >= 11 is 3.56. The fourth-order valence-electron chi connectivity index (χ4n) is 5.05. The maximum Gasteiger partial charge on any atom is 0.243 e. The van der Waals surface area contributed by atoms with E-state index in [9.17, 15) is 8.42 Å². The Bertz CT molecular complexity index is 800. The minimum atomic E-state index is -3.57. The number of anilines is 1. The van der Waals surface area contributed by atoms with E-state index in [1.54, 1.807) is 13.2 Å². The number of nitrogens with one attached hydrogen (secondary N) is 1. The number of unbranched alkanes of at least 4 members (excludes halogenated alkanes) is 1. The number of nitrogens with zero attached hydrogens (tertiary/aromatic N) is 1. The van der Waals surface area contributed by atoms with Gasteiger partial charge in [0.2, 0.25) is 10.0 Å². The molecule has 5 rings (SSSR count). The Morgan fingerprint density at radius 1 is 1.38 bits per heavy atom. The van der Waals surface area contributed by atoms with Crippen LogP contribution in [0.25, 0.3) is 0 Å². The van der Waals surface area contributed by atoms with Crippen LogP contribution < -0.4 is 14.4 Å². The molecule has 26 heavy (non-hydrogen) atoms. The second kappa shape index (κ2) is 6.67. The standard InChI is InChI=1S/C19H27BrN2O3S/c1-3-4-5-14-12-22(19-7-6-13(10-19)11-19)16-8-15(20)17(25-2)9-18(16)26(23,24)21-14/h8-9,13-14,21H,3-7,10-12H2,1-2H3. The smallest absolute Gasteiger partial charge is 0.243 e. The van der Waals surface area contributed by atoms with Crippen LogP contribution >= 0.6 is 15.9 Å². The van der Waals surface area contributed by atoms with Gasteiger partial charge in [-0.15, -0.1) is 0 Å². The topological polar surface area (TPSA) is 58.6 Å². The number of sulfonamides is 1. The van der Waals surface area contributed by atoms with E-state index in [1.165, 1.54) is 25.7 Å². The van der Waals surface area contributed by atoms with Crippen molar-refractivity contribution in [2.24, 2.45) is 5.92 Å². The quantitative estimate of drug-likeness (QED) is 0.746. The molecule has 3 aliphatic carbocycles. The molecule has 1 aromatic carbocycles. The molecule has 144 valence electrons. The first kappa shape index (κ1) is 18.6. The highest BCUT2D eigenvalue weighted by molar-refractivity contribution is 9.10. The Hall–Kier alpha value is -0.790. The minimum absolute atomic E-state index is 0.0499. The lowest BCUT2D eigenvalue weighted by Gasteiger charge is -2.49. The summed E-state index contributed by atoms with van der Waals surface area (Å²) < 4.78 is 35.4. The van der Waals surface area contributed by atoms with Gasteiger partial charge in [0, 0.05) is 24.2 Å². The molecule has 0 saturated heterocycles. The lowest BCUT2D eigenvalue weighted by Crippen LogP contribution is -2.55. The summed E-state index contributed by atoms with van der Waals surface area (Å²) in [5.41, 5.74) is 0.962. The van der Waals surface area contributed by atoms with E-state index in [4.69, 9.17) is 4.74 Å². The zero-order chi connectivity index (χ0) is 18.5. The van der Waals surface area contributed by atoms with Crippen molar-refractivity contribution in [3.05, 3.63) is 16.6 Å². The van der Waals surface area contributed by atoms with Gasteiger partial charge >= 0.3 is 0 Å². The number of hydrogen-bond donors (Lipinski definition) is 1. The summed E-state index contributed by atoms with van der Waals surface area (Å²) in [6.45, 7) is 2.89. The average Bonchev–Trinajstić information content (AvgIpc) is 3.15. The van der Waals surface area contributed by atoms with Crippen molar-refractivity contribution < 1.29 is 13.2 Å². The van der Waals surface area contributed by atoms with Gasteiger partial charge in [-0.05, 0) is 60.0 Å². The molecule has 0 radical (unpaired) electrons. The molecule has 1 aromatic rings. The molecule has 5 nitrogen and oxygen atoms in total. The number of fused-ring (bicyclic) bond motifs is 2. The van der Waals surface area contributed by atoms with Crippen LogP contribution in [-0.4, -0.2) is 33.7 Å². The largest absolute Gasteiger partial charge is 0.496 e. The van der Waals surface area contributed by atoms with Crippen LogP contribution in [0.2, 0.25) is 0 Å². The maximum atomic E-state index is 13.1. The van der Waals surface area contributed by atoms with E-state index in [2.05, 4.69) is 32.5 Å². The molecule has 0 aromatic heterocycles. The van der Waals surface area contributed by atoms with Gasteiger partial charge in [-0.1, -0.05) is 19.8 Å². The minimum Gasteiger partial charge on any atom is -0.496 e. The molecule has 1 heterocycles. The van der Waals surface area contributed by atoms with Crippen LogP contribution in [0.15, 0.2) is 21.5 Å². The maximum absolute atomic E-state index is 13.1. The molecule has 2 bridgehead atoms. The van der Waals surface area contributed by atoms with Crippen LogP contribution in [0.1, 0.15) is 51.9 Å². The van der Waals surface area contributed by atoms with Crippen molar-refractivity contribution >= 4 is 31.6 Å². The third kappa shape index (κ3) is 2.96. The Morgan fingerprint density at radius 2 is 2.15 bits per heavy atom. The summed E-state index contributed by atoms with van der Waals surface area (Å²) in [7, 11) is -2.01. The van der Waals surface area contributed by atoms with Gasteiger partial charge < -0.3 is 9.64 Å². The number of methoxy groups -OCH3 is 1. The first-order chi connectivity index (χ1) is 12.4. The molecule has 1 aliphatic heterocycles. The van der Waals surface area contributed by atoms with Crippen LogP contribution in [-0.2, 0) is 10.0 Å². The lowest BCUT2D eigenvalue weighted by atomic mass is 9.75. The number of benzene rings is 1. The lowest BCUT2D eigenvalue weighted by molar-refractivity contribution is 0.224.